The topological polar surface area (TPSA) is 78.5 Å². The molecule has 0 fully saturated rings. The van der Waals surface area contributed by atoms with Crippen molar-refractivity contribution < 1.29 is 4.74 Å². The SMILES string of the molecule is Cc1cc(NCc2ccnc(OCCN(C)C)c2)n2c(nc3ccccc32)c1C#N. The molecule has 4 rings (SSSR count). The quantitative estimate of drug-likeness (QED) is 0.511. The molecule has 0 bridgehead atoms. The van der Waals surface area contributed by atoms with Gasteiger partial charge in [-0.15, -0.1) is 0 Å². The van der Waals surface area contributed by atoms with E-state index < -0.39 is 0 Å². The number of imidazole rings is 1. The van der Waals surface area contributed by atoms with E-state index in [4.69, 9.17) is 9.72 Å². The van der Waals surface area contributed by atoms with Crippen LogP contribution in [-0.2, 0) is 6.54 Å². The van der Waals surface area contributed by atoms with Gasteiger partial charge >= 0.3 is 0 Å². The Morgan fingerprint density at radius 1 is 1.20 bits per heavy atom. The molecule has 3 aromatic heterocycles. The number of nitrogens with zero attached hydrogens (tertiary/aromatic N) is 5. The Balaban J connectivity index is 1.63. The molecular weight excluding hydrogens is 376 g/mol. The van der Waals surface area contributed by atoms with Gasteiger partial charge in [0.2, 0.25) is 5.88 Å². The van der Waals surface area contributed by atoms with Crippen molar-refractivity contribution in [3.05, 3.63) is 65.4 Å². The number of ether oxygens (including phenoxy) is 1. The minimum atomic E-state index is 0.591. The number of aryl methyl sites for hydroxylation is 1. The van der Waals surface area contributed by atoms with E-state index in [0.717, 1.165) is 34.5 Å². The highest BCUT2D eigenvalue weighted by molar-refractivity contribution is 5.85. The molecule has 1 aromatic carbocycles. The molecule has 0 saturated heterocycles. The largest absolute Gasteiger partial charge is 0.476 e. The minimum absolute atomic E-state index is 0.591. The maximum Gasteiger partial charge on any atom is 0.213 e. The number of nitriles is 1. The molecule has 0 amide bonds. The van der Waals surface area contributed by atoms with E-state index >= 15 is 0 Å². The molecular formula is C23H24N6O. The van der Waals surface area contributed by atoms with Crippen LogP contribution in [0.5, 0.6) is 5.88 Å². The van der Waals surface area contributed by atoms with Crippen molar-refractivity contribution in [3.8, 4) is 11.9 Å². The molecule has 4 aromatic rings. The number of benzene rings is 1. The number of rotatable bonds is 7. The van der Waals surface area contributed by atoms with Crippen molar-refractivity contribution in [2.24, 2.45) is 0 Å². The van der Waals surface area contributed by atoms with E-state index in [1.807, 2.05) is 67.9 Å². The predicted octanol–water partition coefficient (Wildman–Crippen LogP) is 3.62. The second kappa shape index (κ2) is 8.39. The first kappa shape index (κ1) is 19.7. The lowest BCUT2D eigenvalue weighted by atomic mass is 10.1. The molecule has 0 saturated carbocycles. The van der Waals surface area contributed by atoms with Crippen LogP contribution in [0.25, 0.3) is 16.7 Å². The highest BCUT2D eigenvalue weighted by atomic mass is 16.5. The Morgan fingerprint density at radius 2 is 2.03 bits per heavy atom. The summed E-state index contributed by atoms with van der Waals surface area (Å²) in [5.41, 5.74) is 5.05. The van der Waals surface area contributed by atoms with Crippen molar-refractivity contribution in [1.29, 1.82) is 5.26 Å². The average molecular weight is 400 g/mol. The maximum absolute atomic E-state index is 9.63. The summed E-state index contributed by atoms with van der Waals surface area (Å²) in [6.07, 6.45) is 1.76. The molecule has 7 heteroatoms. The zero-order valence-electron chi connectivity index (χ0n) is 17.4. The molecule has 0 atom stereocenters. The van der Waals surface area contributed by atoms with Gasteiger partial charge in [-0.3, -0.25) is 4.40 Å². The molecule has 1 N–H and O–H groups in total. The summed E-state index contributed by atoms with van der Waals surface area (Å²) in [6, 6.07) is 16.1. The third-order valence-corrected chi connectivity index (χ3v) is 4.95. The van der Waals surface area contributed by atoms with E-state index in [-0.39, 0.29) is 0 Å². The number of anilines is 1. The highest BCUT2D eigenvalue weighted by Crippen LogP contribution is 2.27. The van der Waals surface area contributed by atoms with Gasteiger partial charge in [0.15, 0.2) is 5.65 Å². The van der Waals surface area contributed by atoms with Gasteiger partial charge in [0.25, 0.3) is 0 Å². The Kier molecular flexibility index (Phi) is 5.50. The molecule has 0 aliphatic heterocycles. The van der Waals surface area contributed by atoms with E-state index in [1.54, 1.807) is 6.20 Å². The summed E-state index contributed by atoms with van der Waals surface area (Å²) in [7, 11) is 4.02. The number of likely N-dealkylation sites (N-methyl/N-ethyl adjacent to an activating group) is 1. The second-order valence-corrected chi connectivity index (χ2v) is 7.47. The summed E-state index contributed by atoms with van der Waals surface area (Å²) in [5, 5.41) is 13.1. The number of nitrogens with one attached hydrogen (secondary N) is 1. The summed E-state index contributed by atoms with van der Waals surface area (Å²) in [6.45, 7) is 3.96. The van der Waals surface area contributed by atoms with Crippen molar-refractivity contribution in [1.82, 2.24) is 19.3 Å². The molecule has 0 spiro atoms. The molecule has 0 unspecified atom stereocenters. The monoisotopic (exact) mass is 400 g/mol. The zero-order chi connectivity index (χ0) is 21.1. The van der Waals surface area contributed by atoms with Crippen molar-refractivity contribution >= 4 is 22.5 Å². The summed E-state index contributed by atoms with van der Waals surface area (Å²) >= 11 is 0. The zero-order valence-corrected chi connectivity index (χ0v) is 17.4. The average Bonchev–Trinajstić information content (AvgIpc) is 3.11. The van der Waals surface area contributed by atoms with E-state index in [0.29, 0.717) is 30.2 Å². The van der Waals surface area contributed by atoms with Crippen molar-refractivity contribution in [2.45, 2.75) is 13.5 Å². The second-order valence-electron chi connectivity index (χ2n) is 7.47. The van der Waals surface area contributed by atoms with Crippen molar-refractivity contribution in [3.63, 3.8) is 0 Å². The number of aromatic nitrogens is 3. The first-order valence-corrected chi connectivity index (χ1v) is 9.84. The van der Waals surface area contributed by atoms with Crippen molar-refractivity contribution in [2.75, 3.05) is 32.6 Å². The fourth-order valence-corrected chi connectivity index (χ4v) is 3.39. The van der Waals surface area contributed by atoms with E-state index in [2.05, 4.69) is 21.3 Å². The molecule has 30 heavy (non-hydrogen) atoms. The van der Waals surface area contributed by atoms with E-state index in [9.17, 15) is 5.26 Å². The standard InChI is InChI=1S/C23H24N6O/c1-16-12-21(26-15-17-8-9-25-22(13-17)30-11-10-28(2)3)29-20-7-5-4-6-19(20)27-23(29)18(16)14-24/h4-9,12-13,26H,10-11,15H2,1-3H3. The lowest BCUT2D eigenvalue weighted by Crippen LogP contribution is -2.19. The molecule has 7 nitrogen and oxygen atoms in total. The normalized spacial score (nSPS) is 11.2. The lowest BCUT2D eigenvalue weighted by molar-refractivity contribution is 0.253. The predicted molar refractivity (Wildman–Crippen MR) is 118 cm³/mol. The Labute approximate surface area is 175 Å². The van der Waals surface area contributed by atoms with Crippen LogP contribution in [0.1, 0.15) is 16.7 Å². The Hall–Kier alpha value is -3.63. The number of para-hydroxylation sites is 2. The number of hydrogen-bond acceptors (Lipinski definition) is 6. The summed E-state index contributed by atoms with van der Waals surface area (Å²) in [5.74, 6) is 1.51. The Morgan fingerprint density at radius 3 is 2.83 bits per heavy atom. The van der Waals surface area contributed by atoms with Crippen LogP contribution in [0.15, 0.2) is 48.7 Å². The third kappa shape index (κ3) is 3.91. The van der Waals surface area contributed by atoms with Crippen LogP contribution in [0.3, 0.4) is 0 Å². The third-order valence-electron chi connectivity index (χ3n) is 4.95. The first-order chi connectivity index (χ1) is 14.6. The van der Waals surface area contributed by atoms with Crippen LogP contribution < -0.4 is 10.1 Å². The number of hydrogen-bond donors (Lipinski definition) is 1. The van der Waals surface area contributed by atoms with Gasteiger partial charge < -0.3 is 15.0 Å². The number of fused-ring (bicyclic) bond motifs is 3. The smallest absolute Gasteiger partial charge is 0.213 e. The minimum Gasteiger partial charge on any atom is -0.476 e. The molecule has 0 radical (unpaired) electrons. The van der Waals surface area contributed by atoms with Gasteiger partial charge in [-0.1, -0.05) is 12.1 Å². The van der Waals surface area contributed by atoms with Gasteiger partial charge in [-0.25, -0.2) is 9.97 Å². The Bertz CT molecular complexity index is 1240. The van der Waals surface area contributed by atoms with Crippen LogP contribution in [-0.4, -0.2) is 46.5 Å². The fraction of sp³-hybridized carbons (Fsp3) is 0.261. The van der Waals surface area contributed by atoms with E-state index in [1.165, 1.54) is 0 Å². The van der Waals surface area contributed by atoms with Gasteiger partial charge in [0.1, 0.15) is 18.5 Å². The first-order valence-electron chi connectivity index (χ1n) is 9.84. The molecule has 152 valence electrons. The summed E-state index contributed by atoms with van der Waals surface area (Å²) in [4.78, 5) is 11.1. The summed E-state index contributed by atoms with van der Waals surface area (Å²) < 4.78 is 7.75. The lowest BCUT2D eigenvalue weighted by Gasteiger charge is -2.13. The highest BCUT2D eigenvalue weighted by Gasteiger charge is 2.15. The van der Waals surface area contributed by atoms with Gasteiger partial charge in [0, 0.05) is 25.4 Å². The molecule has 0 aliphatic carbocycles. The van der Waals surface area contributed by atoms with Gasteiger partial charge in [-0.05, 0) is 56.4 Å². The maximum atomic E-state index is 9.63. The van der Waals surface area contributed by atoms with Gasteiger partial charge in [-0.2, -0.15) is 5.26 Å². The fourth-order valence-electron chi connectivity index (χ4n) is 3.39. The molecule has 3 heterocycles. The van der Waals surface area contributed by atoms with Crippen LogP contribution in [0, 0.1) is 18.3 Å². The number of pyridine rings is 2. The van der Waals surface area contributed by atoms with Crippen LogP contribution in [0.2, 0.25) is 0 Å². The van der Waals surface area contributed by atoms with Gasteiger partial charge in [0.05, 0.1) is 16.6 Å². The van der Waals surface area contributed by atoms with Crippen LogP contribution >= 0.6 is 0 Å². The molecule has 0 aliphatic rings. The van der Waals surface area contributed by atoms with Crippen LogP contribution in [0.4, 0.5) is 5.82 Å².